The molecule has 2 N–H and O–H groups in total. The van der Waals surface area contributed by atoms with Crippen LogP contribution in [0, 0.1) is 0 Å². The normalized spacial score (nSPS) is 14.9. The number of amides is 1. The standard InChI is InChI=1S/C21H33N5O/c1-17(2)13-22-21(24-15-20(27)25(3)4)23-14-18-7-9-19(10-8-18)16-26-11-5-6-12-26/h7-10H,1,5-6,11-16H2,2-4H3,(H2,22,23,24). The number of rotatable bonds is 8. The van der Waals surface area contributed by atoms with E-state index >= 15 is 0 Å². The van der Waals surface area contributed by atoms with Crippen LogP contribution in [0.4, 0.5) is 0 Å². The molecule has 1 aliphatic rings. The lowest BCUT2D eigenvalue weighted by atomic mass is 10.1. The number of nitrogens with zero attached hydrogens (tertiary/aromatic N) is 3. The van der Waals surface area contributed by atoms with Gasteiger partial charge in [0, 0.05) is 27.2 Å². The number of nitrogens with one attached hydrogen (secondary N) is 2. The molecule has 1 fully saturated rings. The maximum atomic E-state index is 11.8. The maximum absolute atomic E-state index is 11.8. The second-order valence-corrected chi connectivity index (χ2v) is 7.42. The smallest absolute Gasteiger partial charge is 0.241 e. The van der Waals surface area contributed by atoms with Crippen molar-refractivity contribution in [2.75, 3.05) is 40.3 Å². The Morgan fingerprint density at radius 1 is 1.11 bits per heavy atom. The van der Waals surface area contributed by atoms with E-state index in [4.69, 9.17) is 0 Å². The van der Waals surface area contributed by atoms with Gasteiger partial charge in [0.25, 0.3) is 0 Å². The third-order valence-electron chi connectivity index (χ3n) is 4.51. The molecule has 0 spiro atoms. The van der Waals surface area contributed by atoms with Crippen LogP contribution in [-0.4, -0.2) is 61.9 Å². The largest absolute Gasteiger partial charge is 0.353 e. The second-order valence-electron chi connectivity index (χ2n) is 7.42. The minimum absolute atomic E-state index is 0.00564. The van der Waals surface area contributed by atoms with Gasteiger partial charge in [0.15, 0.2) is 5.96 Å². The molecule has 0 unspecified atom stereocenters. The molecule has 1 aliphatic heterocycles. The number of benzene rings is 1. The number of carbonyl (C=O) groups is 1. The number of carbonyl (C=O) groups excluding carboxylic acids is 1. The first-order chi connectivity index (χ1) is 12.9. The first-order valence-electron chi connectivity index (χ1n) is 9.61. The molecule has 1 saturated heterocycles. The van der Waals surface area contributed by atoms with Crippen LogP contribution in [0.15, 0.2) is 41.4 Å². The number of aliphatic imine (C=N–C) groups is 1. The zero-order valence-electron chi connectivity index (χ0n) is 16.9. The van der Waals surface area contributed by atoms with Crippen molar-refractivity contribution in [2.24, 2.45) is 4.99 Å². The van der Waals surface area contributed by atoms with Gasteiger partial charge in [-0.3, -0.25) is 9.69 Å². The number of likely N-dealkylation sites (tertiary alicyclic amines) is 1. The lowest BCUT2D eigenvalue weighted by molar-refractivity contribution is -0.127. The molecular formula is C21H33N5O. The zero-order valence-corrected chi connectivity index (χ0v) is 16.9. The van der Waals surface area contributed by atoms with Gasteiger partial charge in [-0.15, -0.1) is 0 Å². The van der Waals surface area contributed by atoms with Gasteiger partial charge in [-0.2, -0.15) is 0 Å². The van der Waals surface area contributed by atoms with Gasteiger partial charge in [-0.05, 0) is 44.0 Å². The molecule has 1 aromatic carbocycles. The maximum Gasteiger partial charge on any atom is 0.241 e. The summed E-state index contributed by atoms with van der Waals surface area (Å²) < 4.78 is 0. The lowest BCUT2D eigenvalue weighted by Crippen LogP contribution is -2.43. The van der Waals surface area contributed by atoms with Crippen LogP contribution in [0.3, 0.4) is 0 Å². The topological polar surface area (TPSA) is 60.0 Å². The van der Waals surface area contributed by atoms with Gasteiger partial charge in [0.2, 0.25) is 5.91 Å². The van der Waals surface area contributed by atoms with E-state index in [0.29, 0.717) is 19.0 Å². The molecule has 27 heavy (non-hydrogen) atoms. The fourth-order valence-corrected chi connectivity index (χ4v) is 2.85. The molecule has 1 heterocycles. The van der Waals surface area contributed by atoms with Crippen molar-refractivity contribution in [2.45, 2.75) is 32.9 Å². The molecule has 2 rings (SSSR count). The van der Waals surface area contributed by atoms with Crippen molar-refractivity contribution < 1.29 is 4.79 Å². The summed E-state index contributed by atoms with van der Waals surface area (Å²) in [5.41, 5.74) is 3.50. The van der Waals surface area contributed by atoms with Crippen molar-refractivity contribution in [3.8, 4) is 0 Å². The minimum atomic E-state index is 0.00564. The summed E-state index contributed by atoms with van der Waals surface area (Å²) in [4.78, 5) is 20.5. The zero-order chi connectivity index (χ0) is 19.6. The second kappa shape index (κ2) is 10.7. The summed E-state index contributed by atoms with van der Waals surface area (Å²) in [6.45, 7) is 10.7. The first-order valence-corrected chi connectivity index (χ1v) is 9.61. The third-order valence-corrected chi connectivity index (χ3v) is 4.51. The molecule has 0 aliphatic carbocycles. The average Bonchev–Trinajstić information content (AvgIpc) is 3.14. The number of hydrogen-bond acceptors (Lipinski definition) is 3. The van der Waals surface area contributed by atoms with Crippen LogP contribution in [0.25, 0.3) is 0 Å². The summed E-state index contributed by atoms with van der Waals surface area (Å²) in [5, 5.41) is 6.29. The molecule has 0 atom stereocenters. The molecular weight excluding hydrogens is 338 g/mol. The Labute approximate surface area is 163 Å². The van der Waals surface area contributed by atoms with Crippen molar-refractivity contribution in [1.29, 1.82) is 0 Å². The summed E-state index contributed by atoms with van der Waals surface area (Å²) in [7, 11) is 3.48. The van der Waals surface area contributed by atoms with Gasteiger partial charge in [-0.25, -0.2) is 4.99 Å². The fourth-order valence-electron chi connectivity index (χ4n) is 2.85. The Kier molecular flexibility index (Phi) is 8.33. The van der Waals surface area contributed by atoms with Gasteiger partial charge in [-0.1, -0.05) is 36.4 Å². The Balaban J connectivity index is 1.91. The monoisotopic (exact) mass is 371 g/mol. The molecule has 6 heteroatoms. The highest BCUT2D eigenvalue weighted by Gasteiger charge is 2.11. The number of likely N-dealkylation sites (N-methyl/N-ethyl adjacent to an activating group) is 1. The molecule has 148 valence electrons. The van der Waals surface area contributed by atoms with Gasteiger partial charge in [0.1, 0.15) is 0 Å². The third kappa shape index (κ3) is 7.83. The Bertz CT molecular complexity index is 645. The summed E-state index contributed by atoms with van der Waals surface area (Å²) in [5.74, 6) is 0.625. The van der Waals surface area contributed by atoms with E-state index in [0.717, 1.165) is 17.7 Å². The number of guanidine groups is 1. The predicted octanol–water partition coefficient (Wildman–Crippen LogP) is 1.98. The van der Waals surface area contributed by atoms with Crippen LogP contribution < -0.4 is 10.6 Å². The average molecular weight is 372 g/mol. The minimum Gasteiger partial charge on any atom is -0.353 e. The van der Waals surface area contributed by atoms with E-state index in [1.54, 1.807) is 19.0 Å². The molecule has 1 amide bonds. The van der Waals surface area contributed by atoms with E-state index < -0.39 is 0 Å². The van der Waals surface area contributed by atoms with Crippen molar-refractivity contribution in [1.82, 2.24) is 20.4 Å². The molecule has 0 radical (unpaired) electrons. The highest BCUT2D eigenvalue weighted by atomic mass is 16.2. The van der Waals surface area contributed by atoms with Crippen LogP contribution in [-0.2, 0) is 17.9 Å². The lowest BCUT2D eigenvalue weighted by Gasteiger charge is -2.15. The van der Waals surface area contributed by atoms with E-state index in [1.165, 1.54) is 31.5 Å². The number of hydrogen-bond donors (Lipinski definition) is 2. The molecule has 1 aromatic rings. The van der Waals surface area contributed by atoms with Gasteiger partial charge in [0.05, 0.1) is 13.1 Å². The predicted molar refractivity (Wildman–Crippen MR) is 112 cm³/mol. The Morgan fingerprint density at radius 2 is 1.70 bits per heavy atom. The summed E-state index contributed by atoms with van der Waals surface area (Å²) in [6, 6.07) is 8.65. The van der Waals surface area contributed by atoms with Crippen molar-refractivity contribution in [3.05, 3.63) is 47.5 Å². The van der Waals surface area contributed by atoms with Crippen LogP contribution in [0.5, 0.6) is 0 Å². The SMILES string of the molecule is C=C(C)CNC(=NCc1ccc(CN2CCCC2)cc1)NCC(=O)N(C)C. The van der Waals surface area contributed by atoms with E-state index in [1.807, 2.05) is 6.92 Å². The van der Waals surface area contributed by atoms with Gasteiger partial charge < -0.3 is 15.5 Å². The first kappa shape index (κ1) is 21.0. The highest BCUT2D eigenvalue weighted by molar-refractivity contribution is 5.86. The van der Waals surface area contributed by atoms with Gasteiger partial charge >= 0.3 is 0 Å². The molecule has 0 aromatic heterocycles. The Hall–Kier alpha value is -2.34. The quantitative estimate of drug-likeness (QED) is 0.417. The van der Waals surface area contributed by atoms with Crippen LogP contribution in [0.1, 0.15) is 30.9 Å². The van der Waals surface area contributed by atoms with E-state index in [9.17, 15) is 4.79 Å². The fraction of sp³-hybridized carbons (Fsp3) is 0.524. The summed E-state index contributed by atoms with van der Waals surface area (Å²) >= 11 is 0. The molecule has 6 nitrogen and oxygen atoms in total. The van der Waals surface area contributed by atoms with E-state index in [2.05, 4.69) is 51.4 Å². The molecule has 0 saturated carbocycles. The van der Waals surface area contributed by atoms with E-state index in [-0.39, 0.29) is 12.5 Å². The Morgan fingerprint density at radius 3 is 2.30 bits per heavy atom. The van der Waals surface area contributed by atoms with Crippen LogP contribution >= 0.6 is 0 Å². The van der Waals surface area contributed by atoms with Crippen molar-refractivity contribution >= 4 is 11.9 Å². The van der Waals surface area contributed by atoms with Crippen molar-refractivity contribution in [3.63, 3.8) is 0 Å². The molecule has 0 bridgehead atoms. The highest BCUT2D eigenvalue weighted by Crippen LogP contribution is 2.13. The van der Waals surface area contributed by atoms with Crippen LogP contribution in [0.2, 0.25) is 0 Å². The summed E-state index contributed by atoms with van der Waals surface area (Å²) in [6.07, 6.45) is 2.63.